The van der Waals surface area contributed by atoms with Crippen LogP contribution in [0.25, 0.3) is 11.3 Å². The van der Waals surface area contributed by atoms with Crippen LogP contribution < -0.4 is 10.6 Å². The third kappa shape index (κ3) is 4.30. The van der Waals surface area contributed by atoms with Gasteiger partial charge in [0.2, 0.25) is 11.8 Å². The first-order valence-corrected chi connectivity index (χ1v) is 9.93. The van der Waals surface area contributed by atoms with Crippen molar-refractivity contribution < 1.29 is 9.59 Å². The maximum Gasteiger partial charge on any atom is 0.249 e. The van der Waals surface area contributed by atoms with Gasteiger partial charge in [0.1, 0.15) is 6.04 Å². The zero-order valence-corrected chi connectivity index (χ0v) is 16.3. The number of carbonyl (C=O) groups excluding carboxylic acids is 2. The van der Waals surface area contributed by atoms with Crippen molar-refractivity contribution in [1.29, 1.82) is 0 Å². The lowest BCUT2D eigenvalue weighted by molar-refractivity contribution is -0.126. The Balaban J connectivity index is 1.75. The summed E-state index contributed by atoms with van der Waals surface area (Å²) in [6.45, 7) is 5.56. The fraction of sp³-hybridized carbons (Fsp3) is 0.450. The van der Waals surface area contributed by atoms with E-state index in [4.69, 9.17) is 0 Å². The maximum absolute atomic E-state index is 12.7. The first-order valence-electron chi connectivity index (χ1n) is 9.05. The van der Waals surface area contributed by atoms with E-state index in [1.165, 1.54) is 23.8 Å². The molecule has 0 bridgehead atoms. The largest absolute Gasteiger partial charge is 0.344 e. The Morgan fingerprint density at radius 2 is 1.96 bits per heavy atom. The topological polar surface area (TPSA) is 71.1 Å². The Labute approximate surface area is 158 Å². The van der Waals surface area contributed by atoms with E-state index in [-0.39, 0.29) is 17.7 Å². The number of hydrogen-bond donors (Lipinski definition) is 2. The van der Waals surface area contributed by atoms with Crippen LogP contribution in [0.15, 0.2) is 23.6 Å². The summed E-state index contributed by atoms with van der Waals surface area (Å²) < 4.78 is 0. The molecule has 1 saturated carbocycles. The molecule has 2 amide bonds. The monoisotopic (exact) mass is 371 g/mol. The number of rotatable bonds is 5. The third-order valence-corrected chi connectivity index (χ3v) is 5.67. The highest BCUT2D eigenvalue weighted by Gasteiger charge is 2.31. The molecule has 1 aliphatic rings. The highest BCUT2D eigenvalue weighted by molar-refractivity contribution is 7.14. The van der Waals surface area contributed by atoms with E-state index in [9.17, 15) is 9.59 Å². The number of amides is 2. The van der Waals surface area contributed by atoms with Gasteiger partial charge in [-0.05, 0) is 44.2 Å². The molecule has 1 atom stereocenters. The van der Waals surface area contributed by atoms with Crippen molar-refractivity contribution in [3.63, 3.8) is 0 Å². The molecule has 1 aliphatic carbocycles. The van der Waals surface area contributed by atoms with Gasteiger partial charge in [0.25, 0.3) is 0 Å². The van der Waals surface area contributed by atoms with Gasteiger partial charge in [0.15, 0.2) is 5.13 Å². The van der Waals surface area contributed by atoms with Crippen molar-refractivity contribution in [2.45, 2.75) is 52.5 Å². The number of carbonyl (C=O) groups is 2. The van der Waals surface area contributed by atoms with E-state index in [0.29, 0.717) is 5.13 Å². The lowest BCUT2D eigenvalue weighted by Crippen LogP contribution is -2.47. The number of aromatic nitrogens is 1. The fourth-order valence-corrected chi connectivity index (χ4v) is 4.27. The number of benzene rings is 1. The Morgan fingerprint density at radius 1 is 1.23 bits per heavy atom. The van der Waals surface area contributed by atoms with Gasteiger partial charge in [-0.3, -0.25) is 9.59 Å². The molecule has 2 aromatic rings. The Kier molecular flexibility index (Phi) is 5.71. The zero-order valence-electron chi connectivity index (χ0n) is 15.5. The maximum atomic E-state index is 12.7. The predicted molar refractivity (Wildman–Crippen MR) is 105 cm³/mol. The molecule has 26 heavy (non-hydrogen) atoms. The van der Waals surface area contributed by atoms with Gasteiger partial charge in [-0.15, -0.1) is 11.3 Å². The van der Waals surface area contributed by atoms with Crippen LogP contribution in [0, 0.1) is 19.8 Å². The molecule has 1 aromatic carbocycles. The second-order valence-corrected chi connectivity index (χ2v) is 7.93. The van der Waals surface area contributed by atoms with Crippen LogP contribution in [-0.2, 0) is 9.59 Å². The molecule has 6 heteroatoms. The molecule has 0 spiro atoms. The van der Waals surface area contributed by atoms with E-state index in [2.05, 4.69) is 47.7 Å². The van der Waals surface area contributed by atoms with Gasteiger partial charge in [0, 0.05) is 17.9 Å². The van der Waals surface area contributed by atoms with Crippen molar-refractivity contribution in [2.24, 2.45) is 5.92 Å². The van der Waals surface area contributed by atoms with Gasteiger partial charge < -0.3 is 10.6 Å². The summed E-state index contributed by atoms with van der Waals surface area (Å²) in [5.41, 5.74) is 4.27. The summed E-state index contributed by atoms with van der Waals surface area (Å²) in [6.07, 6.45) is 4.18. The van der Waals surface area contributed by atoms with E-state index < -0.39 is 6.04 Å². The zero-order chi connectivity index (χ0) is 18.7. The molecule has 2 N–H and O–H groups in total. The highest BCUT2D eigenvalue weighted by Crippen LogP contribution is 2.30. The molecule has 1 fully saturated rings. The van der Waals surface area contributed by atoms with Crippen molar-refractivity contribution in [2.75, 3.05) is 5.32 Å². The minimum atomic E-state index is -0.483. The first-order chi connectivity index (χ1) is 12.4. The summed E-state index contributed by atoms with van der Waals surface area (Å²) in [6, 6.07) is 5.78. The van der Waals surface area contributed by atoms with Gasteiger partial charge in [0.05, 0.1) is 5.69 Å². The third-order valence-electron chi connectivity index (χ3n) is 4.92. The lowest BCUT2D eigenvalue weighted by atomic mass is 9.97. The van der Waals surface area contributed by atoms with Crippen LogP contribution >= 0.6 is 11.3 Å². The van der Waals surface area contributed by atoms with E-state index in [1.807, 2.05) is 5.38 Å². The molecule has 3 rings (SSSR count). The average molecular weight is 372 g/mol. The van der Waals surface area contributed by atoms with Crippen LogP contribution in [0.2, 0.25) is 0 Å². The van der Waals surface area contributed by atoms with Crippen molar-refractivity contribution in [3.05, 3.63) is 34.7 Å². The molecular weight excluding hydrogens is 346 g/mol. The number of aryl methyl sites for hydroxylation is 2. The minimum Gasteiger partial charge on any atom is -0.344 e. The molecule has 1 aromatic heterocycles. The van der Waals surface area contributed by atoms with E-state index in [0.717, 1.165) is 42.5 Å². The first kappa shape index (κ1) is 18.6. The van der Waals surface area contributed by atoms with Gasteiger partial charge in [-0.2, -0.15) is 0 Å². The molecule has 0 radical (unpaired) electrons. The molecular formula is C20H25N3O2S. The summed E-state index contributed by atoms with van der Waals surface area (Å²) in [5.74, 6) is -0.140. The SMILES string of the molecule is CC(=O)N[C@H](C(=O)Nc1nc(-c2cc(C)ccc2C)cs1)C1CCCC1. The molecule has 0 saturated heterocycles. The van der Waals surface area contributed by atoms with Crippen LogP contribution in [0.1, 0.15) is 43.7 Å². The van der Waals surface area contributed by atoms with Crippen molar-refractivity contribution in [1.82, 2.24) is 10.3 Å². The van der Waals surface area contributed by atoms with Crippen LogP contribution in [0.4, 0.5) is 5.13 Å². The smallest absolute Gasteiger partial charge is 0.249 e. The molecule has 5 nitrogen and oxygen atoms in total. The number of nitrogens with zero attached hydrogens (tertiary/aromatic N) is 1. The van der Waals surface area contributed by atoms with E-state index >= 15 is 0 Å². The summed E-state index contributed by atoms with van der Waals surface area (Å²) in [7, 11) is 0. The summed E-state index contributed by atoms with van der Waals surface area (Å²) in [5, 5.41) is 8.25. The number of nitrogens with one attached hydrogen (secondary N) is 2. The van der Waals surface area contributed by atoms with E-state index in [1.54, 1.807) is 0 Å². The molecule has 0 aliphatic heterocycles. The Hall–Kier alpha value is -2.21. The second-order valence-electron chi connectivity index (χ2n) is 7.07. The van der Waals surface area contributed by atoms with Gasteiger partial charge >= 0.3 is 0 Å². The number of hydrogen-bond acceptors (Lipinski definition) is 4. The molecule has 138 valence electrons. The standard InChI is InChI=1S/C20H25N3O2S/c1-12-8-9-13(2)16(10-12)17-11-26-20(22-17)23-19(25)18(21-14(3)24)15-6-4-5-7-15/h8-11,15,18H,4-7H2,1-3H3,(H,21,24)(H,22,23,25)/t18-/m0/s1. The number of thiazole rings is 1. The van der Waals surface area contributed by atoms with Gasteiger partial charge in [-0.1, -0.05) is 30.5 Å². The highest BCUT2D eigenvalue weighted by atomic mass is 32.1. The number of anilines is 1. The summed E-state index contributed by atoms with van der Waals surface area (Å²) in [4.78, 5) is 28.8. The average Bonchev–Trinajstić information content (AvgIpc) is 3.26. The second kappa shape index (κ2) is 7.99. The lowest BCUT2D eigenvalue weighted by Gasteiger charge is -2.22. The summed E-state index contributed by atoms with van der Waals surface area (Å²) >= 11 is 1.41. The quantitative estimate of drug-likeness (QED) is 0.832. The minimum absolute atomic E-state index is 0.172. The predicted octanol–water partition coefficient (Wildman–Crippen LogP) is 4.06. The molecule has 0 unspecified atom stereocenters. The van der Waals surface area contributed by atoms with Crippen LogP contribution in [0.5, 0.6) is 0 Å². The van der Waals surface area contributed by atoms with Gasteiger partial charge in [-0.25, -0.2) is 4.98 Å². The Morgan fingerprint density at radius 3 is 2.65 bits per heavy atom. The Bertz CT molecular complexity index is 809. The molecule has 1 heterocycles. The normalized spacial score (nSPS) is 15.7. The fourth-order valence-electron chi connectivity index (χ4n) is 3.56. The van der Waals surface area contributed by atoms with Crippen molar-refractivity contribution in [3.8, 4) is 11.3 Å². The van der Waals surface area contributed by atoms with Crippen LogP contribution in [-0.4, -0.2) is 22.8 Å². The van der Waals surface area contributed by atoms with Crippen LogP contribution in [0.3, 0.4) is 0 Å². The van der Waals surface area contributed by atoms with Crippen molar-refractivity contribution >= 4 is 28.3 Å².